The standard InChI is InChI=1S/C14H12N4O/c15-8-11-10(6-7-12(16)13(11)17)14(19)18-9-4-2-1-3-5-9/h1-7H,16-17H2,(H,18,19). The maximum Gasteiger partial charge on any atom is 0.257 e. The third kappa shape index (κ3) is 2.48. The third-order valence-electron chi connectivity index (χ3n) is 2.67. The fourth-order valence-corrected chi connectivity index (χ4v) is 1.67. The molecular weight excluding hydrogens is 240 g/mol. The first kappa shape index (κ1) is 12.5. The normalized spacial score (nSPS) is 9.63. The predicted molar refractivity (Wildman–Crippen MR) is 74.4 cm³/mol. The van der Waals surface area contributed by atoms with Gasteiger partial charge in [0.25, 0.3) is 5.91 Å². The van der Waals surface area contributed by atoms with Crippen LogP contribution in [0, 0.1) is 11.3 Å². The number of benzene rings is 2. The zero-order chi connectivity index (χ0) is 13.8. The van der Waals surface area contributed by atoms with Crippen molar-refractivity contribution in [3.8, 4) is 6.07 Å². The average Bonchev–Trinajstić information content (AvgIpc) is 2.42. The van der Waals surface area contributed by atoms with Crippen molar-refractivity contribution in [2.45, 2.75) is 0 Å². The highest BCUT2D eigenvalue weighted by atomic mass is 16.1. The maximum absolute atomic E-state index is 12.1. The lowest BCUT2D eigenvalue weighted by atomic mass is 10.0. The van der Waals surface area contributed by atoms with Crippen LogP contribution in [0.15, 0.2) is 42.5 Å². The van der Waals surface area contributed by atoms with Crippen molar-refractivity contribution in [2.24, 2.45) is 0 Å². The van der Waals surface area contributed by atoms with E-state index in [4.69, 9.17) is 16.7 Å². The molecule has 0 spiro atoms. The number of nitrogens with zero attached hydrogens (tertiary/aromatic N) is 1. The summed E-state index contributed by atoms with van der Waals surface area (Å²) in [5.74, 6) is -0.394. The SMILES string of the molecule is N#Cc1c(C(=O)Nc2ccccc2)ccc(N)c1N. The molecule has 0 heterocycles. The number of carbonyl (C=O) groups excluding carboxylic acids is 1. The van der Waals surface area contributed by atoms with Crippen LogP contribution >= 0.6 is 0 Å². The van der Waals surface area contributed by atoms with Crippen LogP contribution in [0.2, 0.25) is 0 Å². The van der Waals surface area contributed by atoms with Crippen LogP contribution in [0.5, 0.6) is 0 Å². The summed E-state index contributed by atoms with van der Waals surface area (Å²) in [5.41, 5.74) is 12.7. The number of para-hydroxylation sites is 1. The lowest BCUT2D eigenvalue weighted by Crippen LogP contribution is -2.15. The molecule has 2 aromatic rings. The molecule has 2 aromatic carbocycles. The zero-order valence-electron chi connectivity index (χ0n) is 10.1. The number of hydrogen-bond donors (Lipinski definition) is 3. The summed E-state index contributed by atoms with van der Waals surface area (Å²) >= 11 is 0. The highest BCUT2D eigenvalue weighted by Crippen LogP contribution is 2.23. The quantitative estimate of drug-likeness (QED) is 0.710. The molecule has 0 aliphatic heterocycles. The van der Waals surface area contributed by atoms with Gasteiger partial charge in [-0.3, -0.25) is 4.79 Å². The van der Waals surface area contributed by atoms with Crippen LogP contribution < -0.4 is 16.8 Å². The number of anilines is 3. The van der Waals surface area contributed by atoms with Gasteiger partial charge < -0.3 is 16.8 Å². The Morgan fingerprint density at radius 2 is 1.79 bits per heavy atom. The lowest BCUT2D eigenvalue weighted by Gasteiger charge is -2.09. The fraction of sp³-hybridized carbons (Fsp3) is 0. The predicted octanol–water partition coefficient (Wildman–Crippen LogP) is 1.97. The summed E-state index contributed by atoms with van der Waals surface area (Å²) in [5, 5.41) is 11.8. The smallest absolute Gasteiger partial charge is 0.257 e. The first-order chi connectivity index (χ1) is 9.13. The molecule has 0 saturated heterocycles. The zero-order valence-corrected chi connectivity index (χ0v) is 10.1. The molecule has 0 unspecified atom stereocenters. The van der Waals surface area contributed by atoms with Crippen molar-refractivity contribution in [2.75, 3.05) is 16.8 Å². The van der Waals surface area contributed by atoms with E-state index in [1.165, 1.54) is 12.1 Å². The second-order valence-electron chi connectivity index (χ2n) is 3.92. The van der Waals surface area contributed by atoms with Crippen molar-refractivity contribution in [1.29, 1.82) is 5.26 Å². The molecule has 0 aliphatic carbocycles. The Kier molecular flexibility index (Phi) is 3.35. The molecule has 0 aromatic heterocycles. The number of nitrogens with one attached hydrogen (secondary N) is 1. The third-order valence-corrected chi connectivity index (χ3v) is 2.67. The van der Waals surface area contributed by atoms with E-state index in [-0.39, 0.29) is 22.5 Å². The van der Waals surface area contributed by atoms with E-state index >= 15 is 0 Å². The van der Waals surface area contributed by atoms with Gasteiger partial charge in [-0.25, -0.2) is 0 Å². The fourth-order valence-electron chi connectivity index (χ4n) is 1.67. The number of hydrogen-bond acceptors (Lipinski definition) is 4. The summed E-state index contributed by atoms with van der Waals surface area (Å²) in [6.07, 6.45) is 0. The molecule has 0 bridgehead atoms. The number of nitrogens with two attached hydrogens (primary N) is 2. The lowest BCUT2D eigenvalue weighted by molar-refractivity contribution is 0.102. The summed E-state index contributed by atoms with van der Waals surface area (Å²) in [6, 6.07) is 13.9. The van der Waals surface area contributed by atoms with Crippen molar-refractivity contribution < 1.29 is 4.79 Å². The van der Waals surface area contributed by atoms with Crippen LogP contribution in [-0.4, -0.2) is 5.91 Å². The molecule has 0 saturated carbocycles. The van der Waals surface area contributed by atoms with Crippen molar-refractivity contribution in [3.05, 3.63) is 53.6 Å². The van der Waals surface area contributed by atoms with E-state index in [9.17, 15) is 4.79 Å². The molecular formula is C14H12N4O. The monoisotopic (exact) mass is 252 g/mol. The highest BCUT2D eigenvalue weighted by Gasteiger charge is 2.15. The number of rotatable bonds is 2. The Morgan fingerprint density at radius 1 is 1.11 bits per heavy atom. The molecule has 0 aliphatic rings. The molecule has 2 rings (SSSR count). The number of nitrogen functional groups attached to an aromatic ring is 2. The Morgan fingerprint density at radius 3 is 2.42 bits per heavy atom. The van der Waals surface area contributed by atoms with Crippen LogP contribution in [-0.2, 0) is 0 Å². The van der Waals surface area contributed by atoms with Crippen LogP contribution in [0.4, 0.5) is 17.1 Å². The van der Waals surface area contributed by atoms with Crippen molar-refractivity contribution in [3.63, 3.8) is 0 Å². The summed E-state index contributed by atoms with van der Waals surface area (Å²) in [6.45, 7) is 0. The minimum Gasteiger partial charge on any atom is -0.397 e. The molecule has 5 N–H and O–H groups in total. The van der Waals surface area contributed by atoms with Gasteiger partial charge in [0.05, 0.1) is 22.5 Å². The molecule has 0 fully saturated rings. The second-order valence-corrected chi connectivity index (χ2v) is 3.92. The minimum atomic E-state index is -0.394. The van der Waals surface area contributed by atoms with E-state index in [0.29, 0.717) is 5.69 Å². The summed E-state index contributed by atoms with van der Waals surface area (Å²) in [4.78, 5) is 12.1. The van der Waals surface area contributed by atoms with Gasteiger partial charge in [0.1, 0.15) is 6.07 Å². The Labute approximate surface area is 110 Å². The molecule has 5 nitrogen and oxygen atoms in total. The largest absolute Gasteiger partial charge is 0.397 e. The molecule has 0 radical (unpaired) electrons. The molecule has 0 atom stereocenters. The molecule has 94 valence electrons. The number of nitriles is 1. The van der Waals surface area contributed by atoms with E-state index in [1.807, 2.05) is 12.1 Å². The Hall–Kier alpha value is -3.00. The molecule has 5 heteroatoms. The second kappa shape index (κ2) is 5.10. The minimum absolute atomic E-state index is 0.0911. The van der Waals surface area contributed by atoms with Gasteiger partial charge in [0.15, 0.2) is 0 Å². The van der Waals surface area contributed by atoms with Crippen LogP contribution in [0.3, 0.4) is 0 Å². The van der Waals surface area contributed by atoms with Crippen LogP contribution in [0.1, 0.15) is 15.9 Å². The van der Waals surface area contributed by atoms with E-state index in [1.54, 1.807) is 24.3 Å². The Bertz CT molecular complexity index is 659. The maximum atomic E-state index is 12.1. The van der Waals surface area contributed by atoms with Crippen molar-refractivity contribution in [1.82, 2.24) is 0 Å². The first-order valence-corrected chi connectivity index (χ1v) is 5.58. The van der Waals surface area contributed by atoms with E-state index in [0.717, 1.165) is 0 Å². The topological polar surface area (TPSA) is 105 Å². The van der Waals surface area contributed by atoms with Gasteiger partial charge in [-0.2, -0.15) is 5.26 Å². The van der Waals surface area contributed by atoms with Gasteiger partial charge in [0.2, 0.25) is 0 Å². The van der Waals surface area contributed by atoms with Gasteiger partial charge in [-0.15, -0.1) is 0 Å². The van der Waals surface area contributed by atoms with Crippen LogP contribution in [0.25, 0.3) is 0 Å². The highest BCUT2D eigenvalue weighted by molar-refractivity contribution is 6.07. The van der Waals surface area contributed by atoms with Gasteiger partial charge in [0, 0.05) is 5.69 Å². The van der Waals surface area contributed by atoms with E-state index < -0.39 is 5.91 Å². The van der Waals surface area contributed by atoms with E-state index in [2.05, 4.69) is 5.32 Å². The van der Waals surface area contributed by atoms with Crippen molar-refractivity contribution >= 4 is 23.0 Å². The van der Waals surface area contributed by atoms with Gasteiger partial charge in [-0.1, -0.05) is 18.2 Å². The molecule has 19 heavy (non-hydrogen) atoms. The number of carbonyl (C=O) groups is 1. The summed E-state index contributed by atoms with van der Waals surface area (Å²) in [7, 11) is 0. The average molecular weight is 252 g/mol. The van der Waals surface area contributed by atoms with Gasteiger partial charge in [-0.05, 0) is 24.3 Å². The summed E-state index contributed by atoms with van der Waals surface area (Å²) < 4.78 is 0. The number of amides is 1. The molecule has 1 amide bonds. The Balaban J connectivity index is 2.35. The van der Waals surface area contributed by atoms with Gasteiger partial charge >= 0.3 is 0 Å². The first-order valence-electron chi connectivity index (χ1n) is 5.58.